The Labute approximate surface area is 135 Å². The molecule has 1 aromatic carbocycles. The Balaban J connectivity index is 2.00. The van der Waals surface area contributed by atoms with Crippen molar-refractivity contribution in [1.29, 1.82) is 0 Å². The molecule has 8 heteroatoms. The summed E-state index contributed by atoms with van der Waals surface area (Å²) in [6.45, 7) is 4.06. The summed E-state index contributed by atoms with van der Waals surface area (Å²) in [7, 11) is -3.58. The SMILES string of the molecule is C=CCn1c(=O)sc2cc(NS(=O)(=O)c3cccs3)ccc21. The van der Waals surface area contributed by atoms with Crippen LogP contribution in [0.5, 0.6) is 0 Å². The predicted molar refractivity (Wildman–Crippen MR) is 91.4 cm³/mol. The molecular formula is C14H12N2O3S3. The van der Waals surface area contributed by atoms with Gasteiger partial charge in [-0.05, 0) is 29.6 Å². The predicted octanol–water partition coefficient (Wildman–Crippen LogP) is 3.11. The second kappa shape index (κ2) is 5.71. The van der Waals surface area contributed by atoms with Gasteiger partial charge in [-0.1, -0.05) is 23.5 Å². The van der Waals surface area contributed by atoms with Crippen LogP contribution >= 0.6 is 22.7 Å². The highest BCUT2D eigenvalue weighted by Crippen LogP contribution is 2.25. The average Bonchev–Trinajstić information content (AvgIpc) is 3.08. The molecular weight excluding hydrogens is 340 g/mol. The molecule has 0 aliphatic carbocycles. The van der Waals surface area contributed by atoms with Gasteiger partial charge in [0.1, 0.15) is 4.21 Å². The Morgan fingerprint density at radius 3 is 2.82 bits per heavy atom. The van der Waals surface area contributed by atoms with E-state index in [-0.39, 0.29) is 9.08 Å². The van der Waals surface area contributed by atoms with Crippen molar-refractivity contribution in [2.24, 2.45) is 0 Å². The Bertz CT molecular complexity index is 982. The Morgan fingerprint density at radius 1 is 1.32 bits per heavy atom. The van der Waals surface area contributed by atoms with Crippen molar-refractivity contribution in [2.75, 3.05) is 4.72 Å². The average molecular weight is 352 g/mol. The molecule has 3 rings (SSSR count). The highest BCUT2D eigenvalue weighted by molar-refractivity contribution is 7.94. The summed E-state index contributed by atoms with van der Waals surface area (Å²) < 4.78 is 29.5. The fourth-order valence-electron chi connectivity index (χ4n) is 2.05. The van der Waals surface area contributed by atoms with E-state index in [0.29, 0.717) is 12.2 Å². The molecule has 3 aromatic rings. The van der Waals surface area contributed by atoms with Gasteiger partial charge in [-0.15, -0.1) is 17.9 Å². The molecule has 22 heavy (non-hydrogen) atoms. The van der Waals surface area contributed by atoms with Crippen LogP contribution in [0.4, 0.5) is 5.69 Å². The van der Waals surface area contributed by atoms with Gasteiger partial charge in [-0.25, -0.2) is 8.42 Å². The van der Waals surface area contributed by atoms with E-state index in [2.05, 4.69) is 11.3 Å². The molecule has 0 saturated heterocycles. The van der Waals surface area contributed by atoms with E-state index >= 15 is 0 Å². The lowest BCUT2D eigenvalue weighted by Crippen LogP contribution is -2.12. The highest BCUT2D eigenvalue weighted by Gasteiger charge is 2.16. The van der Waals surface area contributed by atoms with Crippen molar-refractivity contribution in [3.63, 3.8) is 0 Å². The van der Waals surface area contributed by atoms with Crippen LogP contribution in [-0.4, -0.2) is 13.0 Å². The lowest BCUT2D eigenvalue weighted by Gasteiger charge is -2.06. The lowest BCUT2D eigenvalue weighted by molar-refractivity contribution is 0.603. The first-order valence-electron chi connectivity index (χ1n) is 6.32. The van der Waals surface area contributed by atoms with Crippen LogP contribution in [-0.2, 0) is 16.6 Å². The Morgan fingerprint density at radius 2 is 2.14 bits per heavy atom. The summed E-state index contributed by atoms with van der Waals surface area (Å²) in [6.07, 6.45) is 1.65. The molecule has 0 spiro atoms. The highest BCUT2D eigenvalue weighted by atomic mass is 32.2. The van der Waals surface area contributed by atoms with Gasteiger partial charge in [0.25, 0.3) is 10.0 Å². The number of rotatable bonds is 5. The van der Waals surface area contributed by atoms with E-state index in [4.69, 9.17) is 0 Å². The smallest absolute Gasteiger partial charge is 0.295 e. The van der Waals surface area contributed by atoms with Crippen molar-refractivity contribution < 1.29 is 8.42 Å². The number of allylic oxidation sites excluding steroid dienone is 1. The minimum Gasteiger partial charge on any atom is -0.295 e. The number of fused-ring (bicyclic) bond motifs is 1. The van der Waals surface area contributed by atoms with E-state index in [9.17, 15) is 13.2 Å². The largest absolute Gasteiger partial charge is 0.308 e. The Hall–Kier alpha value is -1.90. The number of thiazole rings is 1. The summed E-state index contributed by atoms with van der Waals surface area (Å²) in [5.74, 6) is 0. The maximum atomic E-state index is 12.2. The van der Waals surface area contributed by atoms with Crippen molar-refractivity contribution in [3.05, 3.63) is 58.0 Å². The molecule has 5 nitrogen and oxygen atoms in total. The van der Waals surface area contributed by atoms with E-state index in [0.717, 1.165) is 32.9 Å². The molecule has 0 atom stereocenters. The molecule has 0 bridgehead atoms. The molecule has 0 radical (unpaired) electrons. The van der Waals surface area contributed by atoms with E-state index in [1.165, 1.54) is 0 Å². The number of hydrogen-bond acceptors (Lipinski definition) is 5. The van der Waals surface area contributed by atoms with Crippen LogP contribution in [0, 0.1) is 0 Å². The summed E-state index contributed by atoms with van der Waals surface area (Å²) in [6, 6.07) is 8.29. The molecule has 0 aliphatic rings. The molecule has 114 valence electrons. The first-order chi connectivity index (χ1) is 10.5. The van der Waals surface area contributed by atoms with Crippen molar-refractivity contribution >= 4 is 48.6 Å². The number of aromatic nitrogens is 1. The zero-order valence-electron chi connectivity index (χ0n) is 11.4. The van der Waals surface area contributed by atoms with Gasteiger partial charge in [0.2, 0.25) is 0 Å². The third-order valence-corrected chi connectivity index (χ3v) is 6.71. The topological polar surface area (TPSA) is 68.2 Å². The fourth-order valence-corrected chi connectivity index (χ4v) is 5.04. The summed E-state index contributed by atoms with van der Waals surface area (Å²) in [5, 5.41) is 1.71. The van der Waals surface area contributed by atoms with Crippen LogP contribution < -0.4 is 9.60 Å². The van der Waals surface area contributed by atoms with Crippen LogP contribution in [0.2, 0.25) is 0 Å². The first-order valence-corrected chi connectivity index (χ1v) is 9.50. The molecule has 0 aliphatic heterocycles. The van der Waals surface area contributed by atoms with Gasteiger partial charge in [-0.3, -0.25) is 14.1 Å². The van der Waals surface area contributed by atoms with Gasteiger partial charge in [0.05, 0.1) is 15.9 Å². The number of thiophene rings is 1. The second-order valence-corrected chi connectivity index (χ2v) is 8.34. The molecule has 0 fully saturated rings. The maximum absolute atomic E-state index is 12.2. The molecule has 0 saturated carbocycles. The molecule has 1 N–H and O–H groups in total. The quantitative estimate of drug-likeness (QED) is 0.718. The van der Waals surface area contributed by atoms with E-state index in [1.54, 1.807) is 46.4 Å². The monoisotopic (exact) mass is 352 g/mol. The van der Waals surface area contributed by atoms with Crippen molar-refractivity contribution in [3.8, 4) is 0 Å². The van der Waals surface area contributed by atoms with Crippen molar-refractivity contribution in [1.82, 2.24) is 4.57 Å². The third kappa shape index (κ3) is 2.72. The maximum Gasteiger partial charge on any atom is 0.308 e. The zero-order valence-corrected chi connectivity index (χ0v) is 13.8. The van der Waals surface area contributed by atoms with Gasteiger partial charge >= 0.3 is 4.87 Å². The van der Waals surface area contributed by atoms with Gasteiger partial charge in [0, 0.05) is 6.54 Å². The Kier molecular flexibility index (Phi) is 3.90. The number of anilines is 1. The number of hydrogen-bond donors (Lipinski definition) is 1. The molecule has 2 aromatic heterocycles. The van der Waals surface area contributed by atoms with Crippen LogP contribution in [0.1, 0.15) is 0 Å². The minimum atomic E-state index is -3.58. The number of benzene rings is 1. The molecule has 0 amide bonds. The number of nitrogens with one attached hydrogen (secondary N) is 1. The summed E-state index contributed by atoms with van der Waals surface area (Å²) >= 11 is 2.24. The molecule has 2 heterocycles. The third-order valence-electron chi connectivity index (χ3n) is 2.99. The second-order valence-electron chi connectivity index (χ2n) is 4.49. The lowest BCUT2D eigenvalue weighted by atomic mass is 10.3. The number of sulfonamides is 1. The standard InChI is InChI=1S/C14H12N2O3S3/c1-2-7-16-11-6-5-10(9-12(11)21-14(16)17)15-22(18,19)13-4-3-8-20-13/h2-6,8-9,15H,1,7H2. The minimum absolute atomic E-state index is 0.0897. The van der Waals surface area contributed by atoms with Crippen LogP contribution in [0.3, 0.4) is 0 Å². The normalized spacial score (nSPS) is 11.6. The fraction of sp³-hybridized carbons (Fsp3) is 0.0714. The van der Waals surface area contributed by atoms with Crippen molar-refractivity contribution in [2.45, 2.75) is 10.8 Å². The zero-order chi connectivity index (χ0) is 15.7. The van der Waals surface area contributed by atoms with Crippen LogP contribution in [0.15, 0.2) is 57.4 Å². The van der Waals surface area contributed by atoms with Crippen LogP contribution in [0.25, 0.3) is 10.2 Å². The number of nitrogens with zero attached hydrogens (tertiary/aromatic N) is 1. The van der Waals surface area contributed by atoms with Gasteiger partial charge in [0.15, 0.2) is 0 Å². The summed E-state index contributed by atoms with van der Waals surface area (Å²) in [5.41, 5.74) is 1.21. The van der Waals surface area contributed by atoms with Gasteiger partial charge in [-0.2, -0.15) is 0 Å². The molecule has 0 unspecified atom stereocenters. The van der Waals surface area contributed by atoms with E-state index < -0.39 is 10.0 Å². The first kappa shape index (κ1) is 15.0. The van der Waals surface area contributed by atoms with Gasteiger partial charge < -0.3 is 0 Å². The summed E-state index contributed by atoms with van der Waals surface area (Å²) in [4.78, 5) is 11.8. The van der Waals surface area contributed by atoms with E-state index in [1.807, 2.05) is 0 Å².